The van der Waals surface area contributed by atoms with Gasteiger partial charge in [-0.05, 0) is 39.3 Å². The van der Waals surface area contributed by atoms with E-state index in [4.69, 9.17) is 5.73 Å². The minimum absolute atomic E-state index is 0.400. The fraction of sp³-hybridized carbons (Fsp3) is 1.00. The molecule has 86 valence electrons. The zero-order valence-electron chi connectivity index (χ0n) is 10.4. The third kappa shape index (κ3) is 5.61. The van der Waals surface area contributed by atoms with E-state index in [2.05, 4.69) is 32.7 Å². The molecule has 14 heavy (non-hydrogen) atoms. The van der Waals surface area contributed by atoms with Gasteiger partial charge in [-0.25, -0.2) is 0 Å². The average Bonchev–Trinajstić information content (AvgIpc) is 2.17. The van der Waals surface area contributed by atoms with Crippen molar-refractivity contribution in [3.05, 3.63) is 0 Å². The molecule has 0 amide bonds. The van der Waals surface area contributed by atoms with E-state index in [-0.39, 0.29) is 0 Å². The highest BCUT2D eigenvalue weighted by Crippen LogP contribution is 2.08. The molecule has 0 aliphatic rings. The Balaban J connectivity index is 3.65. The van der Waals surface area contributed by atoms with Crippen LogP contribution in [-0.2, 0) is 0 Å². The molecule has 0 aliphatic heterocycles. The van der Waals surface area contributed by atoms with E-state index in [1.165, 1.54) is 19.3 Å². The Kier molecular flexibility index (Phi) is 8.20. The first-order valence-electron chi connectivity index (χ1n) is 6.11. The first-order valence-corrected chi connectivity index (χ1v) is 6.11. The molecule has 0 saturated carbocycles. The van der Waals surface area contributed by atoms with Crippen molar-refractivity contribution in [1.82, 2.24) is 4.90 Å². The summed E-state index contributed by atoms with van der Waals surface area (Å²) in [4.78, 5) is 2.45. The van der Waals surface area contributed by atoms with E-state index in [1.54, 1.807) is 0 Å². The van der Waals surface area contributed by atoms with Gasteiger partial charge in [-0.2, -0.15) is 0 Å². The Labute approximate surface area is 89.9 Å². The number of rotatable bonds is 8. The normalized spacial score (nSPS) is 13.9. The SMILES string of the molecule is CCCC(N)CCN(C)C(CC)CC. The van der Waals surface area contributed by atoms with Gasteiger partial charge >= 0.3 is 0 Å². The molecule has 2 N–H and O–H groups in total. The van der Waals surface area contributed by atoms with Crippen LogP contribution < -0.4 is 5.73 Å². The van der Waals surface area contributed by atoms with Crippen LogP contribution in [0.5, 0.6) is 0 Å². The van der Waals surface area contributed by atoms with Crippen molar-refractivity contribution in [3.63, 3.8) is 0 Å². The van der Waals surface area contributed by atoms with Gasteiger partial charge in [0.05, 0.1) is 0 Å². The quantitative estimate of drug-likeness (QED) is 0.652. The zero-order chi connectivity index (χ0) is 11.0. The van der Waals surface area contributed by atoms with Crippen molar-refractivity contribution in [2.75, 3.05) is 13.6 Å². The summed E-state index contributed by atoms with van der Waals surface area (Å²) in [6, 6.07) is 1.14. The van der Waals surface area contributed by atoms with Gasteiger partial charge in [0.1, 0.15) is 0 Å². The number of hydrogen-bond acceptors (Lipinski definition) is 2. The predicted molar refractivity (Wildman–Crippen MR) is 64.5 cm³/mol. The van der Waals surface area contributed by atoms with Gasteiger partial charge < -0.3 is 10.6 Å². The molecular formula is C12H28N2. The molecule has 0 heterocycles. The molecule has 0 saturated heterocycles. The molecule has 0 aromatic heterocycles. The van der Waals surface area contributed by atoms with E-state index in [0.717, 1.165) is 25.4 Å². The van der Waals surface area contributed by atoms with Crippen LogP contribution in [-0.4, -0.2) is 30.6 Å². The van der Waals surface area contributed by atoms with E-state index >= 15 is 0 Å². The van der Waals surface area contributed by atoms with Gasteiger partial charge in [0.15, 0.2) is 0 Å². The molecule has 0 aliphatic carbocycles. The summed E-state index contributed by atoms with van der Waals surface area (Å²) in [7, 11) is 2.22. The Morgan fingerprint density at radius 3 is 2.07 bits per heavy atom. The van der Waals surface area contributed by atoms with Crippen molar-refractivity contribution >= 4 is 0 Å². The van der Waals surface area contributed by atoms with Crippen LogP contribution in [0, 0.1) is 0 Å². The first-order chi connectivity index (χ1) is 6.65. The lowest BCUT2D eigenvalue weighted by atomic mass is 10.1. The minimum atomic E-state index is 0.400. The Morgan fingerprint density at radius 1 is 1.07 bits per heavy atom. The summed E-state index contributed by atoms with van der Waals surface area (Å²) in [5.74, 6) is 0. The molecule has 0 rings (SSSR count). The summed E-state index contributed by atoms with van der Waals surface area (Å²) in [5, 5.41) is 0. The van der Waals surface area contributed by atoms with E-state index < -0.39 is 0 Å². The van der Waals surface area contributed by atoms with E-state index in [0.29, 0.717) is 6.04 Å². The third-order valence-electron chi connectivity index (χ3n) is 3.08. The smallest absolute Gasteiger partial charge is 0.00869 e. The lowest BCUT2D eigenvalue weighted by Crippen LogP contribution is -2.34. The second-order valence-electron chi connectivity index (χ2n) is 4.29. The Bertz CT molecular complexity index is 121. The maximum Gasteiger partial charge on any atom is 0.00869 e. The molecule has 0 aromatic rings. The number of hydrogen-bond donors (Lipinski definition) is 1. The van der Waals surface area contributed by atoms with Gasteiger partial charge in [-0.3, -0.25) is 0 Å². The second-order valence-corrected chi connectivity index (χ2v) is 4.29. The standard InChI is InChI=1S/C12H28N2/c1-5-8-11(13)9-10-14(4)12(6-2)7-3/h11-12H,5-10,13H2,1-4H3. The van der Waals surface area contributed by atoms with Crippen LogP contribution in [0.15, 0.2) is 0 Å². The Morgan fingerprint density at radius 2 is 1.64 bits per heavy atom. The average molecular weight is 200 g/mol. The molecule has 0 bridgehead atoms. The maximum atomic E-state index is 5.99. The molecule has 1 atom stereocenters. The lowest BCUT2D eigenvalue weighted by Gasteiger charge is -2.27. The molecule has 0 fully saturated rings. The molecule has 0 radical (unpaired) electrons. The number of nitrogens with zero attached hydrogens (tertiary/aromatic N) is 1. The largest absolute Gasteiger partial charge is 0.328 e. The fourth-order valence-electron chi connectivity index (χ4n) is 1.98. The van der Waals surface area contributed by atoms with Crippen LogP contribution in [0.4, 0.5) is 0 Å². The minimum Gasteiger partial charge on any atom is -0.328 e. The van der Waals surface area contributed by atoms with Gasteiger partial charge in [-0.1, -0.05) is 27.2 Å². The highest BCUT2D eigenvalue weighted by molar-refractivity contribution is 4.68. The molecule has 2 heteroatoms. The molecular weight excluding hydrogens is 172 g/mol. The fourth-order valence-corrected chi connectivity index (χ4v) is 1.98. The maximum absolute atomic E-state index is 5.99. The predicted octanol–water partition coefficient (Wildman–Crippen LogP) is 2.62. The second kappa shape index (κ2) is 8.25. The van der Waals surface area contributed by atoms with E-state index in [9.17, 15) is 0 Å². The third-order valence-corrected chi connectivity index (χ3v) is 3.08. The van der Waals surface area contributed by atoms with Crippen molar-refractivity contribution < 1.29 is 0 Å². The summed E-state index contributed by atoms with van der Waals surface area (Å²) in [6.07, 6.45) is 6.00. The van der Waals surface area contributed by atoms with Gasteiger partial charge in [0.25, 0.3) is 0 Å². The van der Waals surface area contributed by atoms with Crippen LogP contribution in [0.25, 0.3) is 0 Å². The summed E-state index contributed by atoms with van der Waals surface area (Å²) in [6.45, 7) is 7.87. The van der Waals surface area contributed by atoms with Crippen LogP contribution >= 0.6 is 0 Å². The lowest BCUT2D eigenvalue weighted by molar-refractivity contribution is 0.220. The molecule has 1 unspecified atom stereocenters. The highest BCUT2D eigenvalue weighted by atomic mass is 15.1. The van der Waals surface area contributed by atoms with Gasteiger partial charge in [-0.15, -0.1) is 0 Å². The van der Waals surface area contributed by atoms with Crippen LogP contribution in [0.3, 0.4) is 0 Å². The zero-order valence-corrected chi connectivity index (χ0v) is 10.4. The van der Waals surface area contributed by atoms with Crippen molar-refractivity contribution in [1.29, 1.82) is 0 Å². The molecule has 0 spiro atoms. The van der Waals surface area contributed by atoms with Crippen molar-refractivity contribution in [2.45, 2.75) is 65.0 Å². The van der Waals surface area contributed by atoms with Crippen molar-refractivity contribution in [2.24, 2.45) is 5.73 Å². The summed E-state index contributed by atoms with van der Waals surface area (Å²) < 4.78 is 0. The van der Waals surface area contributed by atoms with E-state index in [1.807, 2.05) is 0 Å². The topological polar surface area (TPSA) is 29.3 Å². The Hall–Kier alpha value is -0.0800. The van der Waals surface area contributed by atoms with Crippen molar-refractivity contribution in [3.8, 4) is 0 Å². The molecule has 0 aromatic carbocycles. The summed E-state index contributed by atoms with van der Waals surface area (Å²) >= 11 is 0. The molecule has 2 nitrogen and oxygen atoms in total. The number of nitrogens with two attached hydrogens (primary N) is 1. The van der Waals surface area contributed by atoms with Gasteiger partial charge in [0, 0.05) is 12.1 Å². The highest BCUT2D eigenvalue weighted by Gasteiger charge is 2.11. The monoisotopic (exact) mass is 200 g/mol. The van der Waals surface area contributed by atoms with Gasteiger partial charge in [0.2, 0.25) is 0 Å². The van der Waals surface area contributed by atoms with Crippen LogP contribution in [0.1, 0.15) is 52.9 Å². The summed E-state index contributed by atoms with van der Waals surface area (Å²) in [5.41, 5.74) is 5.99. The first kappa shape index (κ1) is 13.9. The van der Waals surface area contributed by atoms with Crippen LogP contribution in [0.2, 0.25) is 0 Å².